The predicted octanol–water partition coefficient (Wildman–Crippen LogP) is 2.65. The normalized spacial score (nSPS) is 12.0. The summed E-state index contributed by atoms with van der Waals surface area (Å²) < 4.78 is 5.16. The number of aromatic nitrogens is 5. The molecule has 6 heteroatoms. The lowest BCUT2D eigenvalue weighted by Gasteiger charge is -2.02. The van der Waals surface area contributed by atoms with Crippen molar-refractivity contribution in [3.05, 3.63) is 64.1 Å². The molecule has 3 heterocycles. The van der Waals surface area contributed by atoms with Crippen LogP contribution in [0.2, 0.25) is 0 Å². The molecule has 25 heavy (non-hydrogen) atoms. The maximum atomic E-state index is 12.6. The molecule has 0 aliphatic carbocycles. The van der Waals surface area contributed by atoms with Crippen molar-refractivity contribution in [3.63, 3.8) is 0 Å². The van der Waals surface area contributed by atoms with Crippen LogP contribution in [0.1, 0.15) is 24.0 Å². The summed E-state index contributed by atoms with van der Waals surface area (Å²) >= 11 is 0. The SMILES string of the molecule is CCc1cn2c(=O)n(C)c3nc(C=Cc4ccccc4)n(C)c3c2n1. The van der Waals surface area contributed by atoms with E-state index >= 15 is 0 Å². The molecule has 0 atom stereocenters. The second kappa shape index (κ2) is 5.73. The molecular formula is C19H19N5O. The van der Waals surface area contributed by atoms with Crippen LogP contribution in [0.15, 0.2) is 41.3 Å². The Bertz CT molecular complexity index is 1160. The van der Waals surface area contributed by atoms with Crippen LogP contribution in [0, 0.1) is 0 Å². The first kappa shape index (κ1) is 15.4. The van der Waals surface area contributed by atoms with Crippen LogP contribution in [-0.2, 0) is 20.5 Å². The Morgan fingerprint density at radius 3 is 2.48 bits per heavy atom. The predicted molar refractivity (Wildman–Crippen MR) is 99.5 cm³/mol. The minimum Gasteiger partial charge on any atom is -0.323 e. The lowest BCUT2D eigenvalue weighted by Crippen LogP contribution is -2.24. The quantitative estimate of drug-likeness (QED) is 0.579. The topological polar surface area (TPSA) is 57.1 Å². The van der Waals surface area contributed by atoms with Gasteiger partial charge in [0.05, 0.1) is 5.69 Å². The fourth-order valence-corrected chi connectivity index (χ4v) is 3.03. The molecule has 126 valence electrons. The molecule has 1 aromatic carbocycles. The fraction of sp³-hybridized carbons (Fsp3) is 0.211. The van der Waals surface area contributed by atoms with Gasteiger partial charge in [-0.3, -0.25) is 4.57 Å². The van der Waals surface area contributed by atoms with E-state index < -0.39 is 0 Å². The van der Waals surface area contributed by atoms with Gasteiger partial charge in [0.15, 0.2) is 11.3 Å². The number of benzene rings is 1. The Kier molecular flexibility index (Phi) is 3.53. The number of hydrogen-bond acceptors (Lipinski definition) is 3. The minimum atomic E-state index is -0.133. The molecule has 0 bridgehead atoms. The minimum absolute atomic E-state index is 0.133. The highest BCUT2D eigenvalue weighted by molar-refractivity contribution is 5.88. The summed E-state index contributed by atoms with van der Waals surface area (Å²) in [6.45, 7) is 2.03. The van der Waals surface area contributed by atoms with E-state index in [0.717, 1.165) is 29.0 Å². The molecule has 6 nitrogen and oxygen atoms in total. The number of hydrogen-bond donors (Lipinski definition) is 0. The summed E-state index contributed by atoms with van der Waals surface area (Å²) in [6.07, 6.45) is 6.56. The van der Waals surface area contributed by atoms with Crippen molar-refractivity contribution >= 4 is 29.0 Å². The van der Waals surface area contributed by atoms with Gasteiger partial charge in [-0.25, -0.2) is 19.2 Å². The molecule has 3 aromatic heterocycles. The third kappa shape index (κ3) is 2.38. The largest absolute Gasteiger partial charge is 0.335 e. The van der Waals surface area contributed by atoms with Crippen LogP contribution >= 0.6 is 0 Å². The number of fused-ring (bicyclic) bond motifs is 3. The number of nitrogens with zero attached hydrogens (tertiary/aromatic N) is 5. The zero-order valence-electron chi connectivity index (χ0n) is 14.5. The highest BCUT2D eigenvalue weighted by Crippen LogP contribution is 2.20. The molecule has 0 N–H and O–H groups in total. The molecule has 0 radical (unpaired) electrons. The molecule has 4 aromatic rings. The first-order chi connectivity index (χ1) is 12.1. The smallest absolute Gasteiger partial charge is 0.323 e. The maximum Gasteiger partial charge on any atom is 0.335 e. The Hall–Kier alpha value is -3.15. The zero-order chi connectivity index (χ0) is 17.6. The highest BCUT2D eigenvalue weighted by Gasteiger charge is 2.17. The van der Waals surface area contributed by atoms with E-state index in [9.17, 15) is 4.79 Å². The second-order valence-electron chi connectivity index (χ2n) is 6.07. The summed E-state index contributed by atoms with van der Waals surface area (Å²) in [5.41, 5.74) is 4.01. The zero-order valence-corrected chi connectivity index (χ0v) is 14.5. The lowest BCUT2D eigenvalue weighted by atomic mass is 10.2. The molecule has 0 saturated carbocycles. The Balaban J connectivity index is 1.97. The number of aryl methyl sites for hydroxylation is 3. The van der Waals surface area contributed by atoms with E-state index in [2.05, 4.69) is 9.97 Å². The van der Waals surface area contributed by atoms with Gasteiger partial charge in [0.25, 0.3) is 0 Å². The molecule has 0 spiro atoms. The third-order valence-corrected chi connectivity index (χ3v) is 4.48. The van der Waals surface area contributed by atoms with E-state index in [0.29, 0.717) is 11.3 Å². The lowest BCUT2D eigenvalue weighted by molar-refractivity contribution is 0.815. The van der Waals surface area contributed by atoms with Gasteiger partial charge >= 0.3 is 5.69 Å². The van der Waals surface area contributed by atoms with Gasteiger partial charge < -0.3 is 4.57 Å². The molecule has 0 aliphatic heterocycles. The van der Waals surface area contributed by atoms with E-state index in [-0.39, 0.29) is 5.69 Å². The van der Waals surface area contributed by atoms with Gasteiger partial charge in [-0.15, -0.1) is 0 Å². The Labute approximate surface area is 144 Å². The van der Waals surface area contributed by atoms with Gasteiger partial charge in [-0.05, 0) is 18.1 Å². The monoisotopic (exact) mass is 333 g/mol. The fourth-order valence-electron chi connectivity index (χ4n) is 3.03. The van der Waals surface area contributed by atoms with Crippen LogP contribution in [-0.4, -0.2) is 23.5 Å². The van der Waals surface area contributed by atoms with Gasteiger partial charge in [-0.2, -0.15) is 0 Å². The van der Waals surface area contributed by atoms with Crippen LogP contribution in [0.3, 0.4) is 0 Å². The molecule has 0 fully saturated rings. The average molecular weight is 333 g/mol. The summed E-state index contributed by atoms with van der Waals surface area (Å²) in [5, 5.41) is 0. The van der Waals surface area contributed by atoms with E-state index in [4.69, 9.17) is 0 Å². The molecule has 0 saturated heterocycles. The van der Waals surface area contributed by atoms with Crippen molar-refractivity contribution in [3.8, 4) is 0 Å². The molecular weight excluding hydrogens is 314 g/mol. The molecule has 4 rings (SSSR count). The summed E-state index contributed by atoms with van der Waals surface area (Å²) in [4.78, 5) is 21.9. The molecule has 0 amide bonds. The van der Waals surface area contributed by atoms with Crippen molar-refractivity contribution in [2.45, 2.75) is 13.3 Å². The van der Waals surface area contributed by atoms with E-state index in [1.807, 2.05) is 67.2 Å². The molecule has 0 unspecified atom stereocenters. The van der Waals surface area contributed by atoms with Gasteiger partial charge in [0.2, 0.25) is 0 Å². The van der Waals surface area contributed by atoms with Crippen LogP contribution < -0.4 is 5.69 Å². The Morgan fingerprint density at radius 1 is 1.00 bits per heavy atom. The third-order valence-electron chi connectivity index (χ3n) is 4.48. The Morgan fingerprint density at radius 2 is 1.76 bits per heavy atom. The van der Waals surface area contributed by atoms with Crippen LogP contribution in [0.5, 0.6) is 0 Å². The standard InChI is InChI=1S/C19H19N5O/c1-4-14-12-24-18(20-14)16-17(23(3)19(24)25)21-15(22(16)2)11-10-13-8-6-5-7-9-13/h5-12H,4H2,1-3H3. The van der Waals surface area contributed by atoms with Crippen molar-refractivity contribution < 1.29 is 0 Å². The average Bonchev–Trinajstić information content (AvgIpc) is 3.20. The summed E-state index contributed by atoms with van der Waals surface area (Å²) in [5.74, 6) is 0.781. The first-order valence-corrected chi connectivity index (χ1v) is 8.26. The van der Waals surface area contributed by atoms with Crippen molar-refractivity contribution in [2.75, 3.05) is 0 Å². The summed E-state index contributed by atoms with van der Waals surface area (Å²) in [7, 11) is 3.69. The van der Waals surface area contributed by atoms with Gasteiger partial charge in [0, 0.05) is 20.3 Å². The maximum absolute atomic E-state index is 12.6. The first-order valence-electron chi connectivity index (χ1n) is 8.26. The van der Waals surface area contributed by atoms with Crippen LogP contribution in [0.4, 0.5) is 0 Å². The van der Waals surface area contributed by atoms with Crippen LogP contribution in [0.25, 0.3) is 29.0 Å². The van der Waals surface area contributed by atoms with E-state index in [1.165, 1.54) is 0 Å². The van der Waals surface area contributed by atoms with Gasteiger partial charge in [0.1, 0.15) is 11.3 Å². The number of imidazole rings is 2. The van der Waals surface area contributed by atoms with Gasteiger partial charge in [-0.1, -0.05) is 43.3 Å². The van der Waals surface area contributed by atoms with Crippen molar-refractivity contribution in [1.29, 1.82) is 0 Å². The molecule has 0 aliphatic rings. The summed E-state index contributed by atoms with van der Waals surface area (Å²) in [6, 6.07) is 10.1. The van der Waals surface area contributed by atoms with E-state index in [1.54, 1.807) is 16.0 Å². The highest BCUT2D eigenvalue weighted by atomic mass is 16.1. The van der Waals surface area contributed by atoms with Crippen molar-refractivity contribution in [1.82, 2.24) is 23.5 Å². The second-order valence-corrected chi connectivity index (χ2v) is 6.07. The van der Waals surface area contributed by atoms with Crippen molar-refractivity contribution in [2.24, 2.45) is 14.1 Å². The number of rotatable bonds is 3.